The average molecular weight is 321 g/mol. The molecule has 0 aromatic heterocycles. The first-order chi connectivity index (χ1) is 10.5. The molecule has 2 aromatic carbocycles. The summed E-state index contributed by atoms with van der Waals surface area (Å²) in [5, 5.41) is 0. The van der Waals surface area contributed by atoms with Crippen molar-refractivity contribution in [1.82, 2.24) is 4.72 Å². The van der Waals surface area contributed by atoms with Crippen LogP contribution in [0.5, 0.6) is 5.75 Å². The Labute approximate surface area is 129 Å². The van der Waals surface area contributed by atoms with Crippen molar-refractivity contribution in [2.75, 3.05) is 6.61 Å². The molecular weight excluding hydrogens is 305 g/mol. The van der Waals surface area contributed by atoms with E-state index in [9.17, 15) is 12.8 Å². The van der Waals surface area contributed by atoms with E-state index in [4.69, 9.17) is 4.74 Å². The summed E-state index contributed by atoms with van der Waals surface area (Å²) < 4.78 is 46.7. The molecule has 1 heterocycles. The van der Waals surface area contributed by atoms with Crippen molar-refractivity contribution in [2.24, 2.45) is 0 Å². The first-order valence-corrected chi connectivity index (χ1v) is 8.46. The van der Waals surface area contributed by atoms with Gasteiger partial charge in [-0.1, -0.05) is 24.3 Å². The van der Waals surface area contributed by atoms with Gasteiger partial charge in [-0.05, 0) is 30.7 Å². The summed E-state index contributed by atoms with van der Waals surface area (Å²) in [6, 6.07) is 10.7. The molecule has 0 unspecified atom stereocenters. The van der Waals surface area contributed by atoms with Crippen LogP contribution in [0, 0.1) is 12.7 Å². The maximum absolute atomic E-state index is 13.4. The third-order valence-electron chi connectivity index (χ3n) is 3.70. The van der Waals surface area contributed by atoms with Crippen molar-refractivity contribution in [1.29, 1.82) is 0 Å². The number of hydrogen-bond acceptors (Lipinski definition) is 3. The SMILES string of the molecule is Cc1ccc(F)cc1S(=O)(=O)N[C@H]1CCOc2ccccc21. The number of aryl methyl sites for hydroxylation is 1. The van der Waals surface area contributed by atoms with Crippen molar-refractivity contribution in [2.45, 2.75) is 24.3 Å². The first kappa shape index (κ1) is 15.0. The highest BCUT2D eigenvalue weighted by Crippen LogP contribution is 2.32. The quantitative estimate of drug-likeness (QED) is 0.945. The Morgan fingerprint density at radius 2 is 2.00 bits per heavy atom. The van der Waals surface area contributed by atoms with Crippen LogP contribution >= 0.6 is 0 Å². The van der Waals surface area contributed by atoms with E-state index in [2.05, 4.69) is 4.72 Å². The molecule has 0 aliphatic carbocycles. The van der Waals surface area contributed by atoms with Gasteiger partial charge in [-0.3, -0.25) is 0 Å². The van der Waals surface area contributed by atoms with Gasteiger partial charge < -0.3 is 4.74 Å². The van der Waals surface area contributed by atoms with Crippen molar-refractivity contribution in [3.05, 3.63) is 59.4 Å². The topological polar surface area (TPSA) is 55.4 Å². The average Bonchev–Trinajstić information content (AvgIpc) is 2.50. The van der Waals surface area contributed by atoms with E-state index >= 15 is 0 Å². The zero-order chi connectivity index (χ0) is 15.7. The van der Waals surface area contributed by atoms with Gasteiger partial charge in [0.1, 0.15) is 11.6 Å². The lowest BCUT2D eigenvalue weighted by Crippen LogP contribution is -2.32. The molecule has 1 aliphatic rings. The van der Waals surface area contributed by atoms with Gasteiger partial charge in [-0.15, -0.1) is 0 Å². The monoisotopic (exact) mass is 321 g/mol. The number of fused-ring (bicyclic) bond motifs is 1. The van der Waals surface area contributed by atoms with Crippen LogP contribution in [0.3, 0.4) is 0 Å². The minimum Gasteiger partial charge on any atom is -0.493 e. The first-order valence-electron chi connectivity index (χ1n) is 6.97. The van der Waals surface area contributed by atoms with E-state index in [0.717, 1.165) is 11.6 Å². The molecule has 0 spiro atoms. The Morgan fingerprint density at radius 3 is 2.82 bits per heavy atom. The number of sulfonamides is 1. The summed E-state index contributed by atoms with van der Waals surface area (Å²) in [5.74, 6) is 0.107. The third-order valence-corrected chi connectivity index (χ3v) is 5.31. The smallest absolute Gasteiger partial charge is 0.241 e. The number of benzene rings is 2. The van der Waals surface area contributed by atoms with Crippen molar-refractivity contribution in [3.8, 4) is 5.75 Å². The molecule has 0 saturated heterocycles. The van der Waals surface area contributed by atoms with Gasteiger partial charge in [0, 0.05) is 12.0 Å². The number of rotatable bonds is 3. The largest absolute Gasteiger partial charge is 0.493 e. The predicted octanol–water partition coefficient (Wildman–Crippen LogP) is 2.94. The van der Waals surface area contributed by atoms with Gasteiger partial charge in [-0.25, -0.2) is 17.5 Å². The minimum atomic E-state index is -3.80. The van der Waals surface area contributed by atoms with E-state index in [1.807, 2.05) is 24.3 Å². The molecular formula is C16H16FNO3S. The lowest BCUT2D eigenvalue weighted by molar-refractivity contribution is 0.263. The molecule has 6 heteroatoms. The van der Waals surface area contributed by atoms with Crippen LogP contribution in [0.15, 0.2) is 47.4 Å². The van der Waals surface area contributed by atoms with E-state index in [1.54, 1.807) is 6.92 Å². The standard InChI is InChI=1S/C16H16FNO3S/c1-11-6-7-12(17)10-16(11)22(19,20)18-14-8-9-21-15-5-3-2-4-13(14)15/h2-7,10,14,18H,8-9H2,1H3/t14-/m0/s1. The Hall–Kier alpha value is -1.92. The van der Waals surface area contributed by atoms with Gasteiger partial charge in [0.05, 0.1) is 17.5 Å². The fraction of sp³-hybridized carbons (Fsp3) is 0.250. The molecule has 116 valence electrons. The van der Waals surface area contributed by atoms with Crippen LogP contribution in [0.25, 0.3) is 0 Å². The van der Waals surface area contributed by atoms with Crippen LogP contribution in [0.4, 0.5) is 4.39 Å². The maximum atomic E-state index is 13.4. The summed E-state index contributed by atoms with van der Waals surface area (Å²) in [4.78, 5) is -0.0310. The highest BCUT2D eigenvalue weighted by Gasteiger charge is 2.27. The van der Waals surface area contributed by atoms with Gasteiger partial charge in [0.2, 0.25) is 10.0 Å². The molecule has 0 saturated carbocycles. The summed E-state index contributed by atoms with van der Waals surface area (Å²) in [7, 11) is -3.80. The minimum absolute atomic E-state index is 0.0310. The van der Waals surface area contributed by atoms with Gasteiger partial charge >= 0.3 is 0 Å². The van der Waals surface area contributed by atoms with Crippen LogP contribution in [0.1, 0.15) is 23.6 Å². The van der Waals surface area contributed by atoms with Crippen molar-refractivity contribution in [3.63, 3.8) is 0 Å². The predicted molar refractivity (Wildman–Crippen MR) is 80.8 cm³/mol. The lowest BCUT2D eigenvalue weighted by atomic mass is 10.0. The molecule has 0 amide bonds. The molecule has 1 aliphatic heterocycles. The van der Waals surface area contributed by atoms with Crippen LogP contribution in [0.2, 0.25) is 0 Å². The highest BCUT2D eigenvalue weighted by molar-refractivity contribution is 7.89. The summed E-state index contributed by atoms with van der Waals surface area (Å²) in [6.45, 7) is 2.08. The van der Waals surface area contributed by atoms with Gasteiger partial charge in [0.15, 0.2) is 0 Å². The van der Waals surface area contributed by atoms with E-state index in [1.165, 1.54) is 12.1 Å². The number of halogens is 1. The molecule has 1 N–H and O–H groups in total. The summed E-state index contributed by atoms with van der Waals surface area (Å²) in [5.41, 5.74) is 1.31. The fourth-order valence-electron chi connectivity index (χ4n) is 2.58. The number of ether oxygens (including phenoxy) is 1. The molecule has 22 heavy (non-hydrogen) atoms. The number of para-hydroxylation sites is 1. The zero-order valence-electron chi connectivity index (χ0n) is 12.0. The van der Waals surface area contributed by atoms with Crippen LogP contribution < -0.4 is 9.46 Å². The molecule has 0 radical (unpaired) electrons. The van der Waals surface area contributed by atoms with E-state index < -0.39 is 15.8 Å². The normalized spacial score (nSPS) is 17.6. The fourth-order valence-corrected chi connectivity index (χ4v) is 4.08. The number of nitrogens with one attached hydrogen (secondary N) is 1. The zero-order valence-corrected chi connectivity index (χ0v) is 12.9. The summed E-state index contributed by atoms with van der Waals surface area (Å²) >= 11 is 0. The molecule has 0 bridgehead atoms. The lowest BCUT2D eigenvalue weighted by Gasteiger charge is -2.26. The molecule has 3 rings (SSSR count). The van der Waals surface area contributed by atoms with E-state index in [0.29, 0.717) is 24.3 Å². The van der Waals surface area contributed by atoms with Gasteiger partial charge in [0.25, 0.3) is 0 Å². The molecule has 1 atom stereocenters. The van der Waals surface area contributed by atoms with Crippen molar-refractivity contribution >= 4 is 10.0 Å². The molecule has 2 aromatic rings. The second-order valence-electron chi connectivity index (χ2n) is 5.26. The Balaban J connectivity index is 1.95. The van der Waals surface area contributed by atoms with Crippen LogP contribution in [-0.4, -0.2) is 15.0 Å². The Morgan fingerprint density at radius 1 is 1.23 bits per heavy atom. The summed E-state index contributed by atoms with van der Waals surface area (Å²) in [6.07, 6.45) is 0.532. The second-order valence-corrected chi connectivity index (χ2v) is 6.94. The number of hydrogen-bond donors (Lipinski definition) is 1. The Bertz CT molecular complexity index is 805. The third kappa shape index (κ3) is 2.84. The Kier molecular flexibility index (Phi) is 3.88. The maximum Gasteiger partial charge on any atom is 0.241 e. The highest BCUT2D eigenvalue weighted by atomic mass is 32.2. The van der Waals surface area contributed by atoms with E-state index in [-0.39, 0.29) is 10.9 Å². The molecule has 0 fully saturated rings. The molecule has 4 nitrogen and oxygen atoms in total. The second kappa shape index (κ2) is 5.70. The van der Waals surface area contributed by atoms with Crippen LogP contribution in [-0.2, 0) is 10.0 Å². The van der Waals surface area contributed by atoms with Crippen molar-refractivity contribution < 1.29 is 17.5 Å². The van der Waals surface area contributed by atoms with Gasteiger partial charge in [-0.2, -0.15) is 0 Å².